The van der Waals surface area contributed by atoms with Crippen molar-refractivity contribution in [3.63, 3.8) is 0 Å². The second-order valence-corrected chi connectivity index (χ2v) is 19.0. The summed E-state index contributed by atoms with van der Waals surface area (Å²) in [7, 11) is 0. The summed E-state index contributed by atoms with van der Waals surface area (Å²) >= 11 is 0. The molecule has 343 valence electrons. The maximum Gasteiger partial charge on any atom is 0.121 e. The van der Waals surface area contributed by atoms with Crippen LogP contribution >= 0.6 is 0 Å². The van der Waals surface area contributed by atoms with Crippen LogP contribution in [0.5, 0.6) is 0 Å². The molecule has 0 atom stereocenters. The van der Waals surface area contributed by atoms with Crippen molar-refractivity contribution in [3.05, 3.63) is 198 Å². The first-order valence-corrected chi connectivity index (χ1v) is 23.3. The van der Waals surface area contributed by atoms with Crippen molar-refractivity contribution in [2.45, 2.75) is 91.8 Å². The summed E-state index contributed by atoms with van der Waals surface area (Å²) in [5.41, 5.74) is 11.6. The first kappa shape index (κ1) is 39.6. The Kier molecular flexibility index (Phi) is 11.5. The summed E-state index contributed by atoms with van der Waals surface area (Å²) in [6, 6.07) is 57.8. The average molecular weight is 1070 g/mol. The fraction of sp³-hybridized carbons (Fsp3) is 0.238. The number of aryl methyl sites for hydroxylation is 1. The van der Waals surface area contributed by atoms with Crippen molar-refractivity contribution in [1.29, 1.82) is 0 Å². The van der Waals surface area contributed by atoms with Gasteiger partial charge in [-0.3, -0.25) is 4.98 Å². The second-order valence-electron chi connectivity index (χ2n) is 19.0. The van der Waals surface area contributed by atoms with Crippen LogP contribution in [0.2, 0.25) is 0 Å². The van der Waals surface area contributed by atoms with Gasteiger partial charge in [-0.1, -0.05) is 143 Å². The SMILES string of the molecule is [2H]C([2H])([2H])c1cccc2nc(-c3[c-]ccc4c3oc3cc(-c5ccccc5)ccc34)n(-c3c(C([2H])(C)C)cc(-c4ccc(C5([2H])CCC(C)(C)CC5)cc4)cc3C([2H])(C)C)c12.[Ir].[c-]1ccccc1-c1ccccn1. The molecule has 1 saturated carbocycles. The average Bonchev–Trinajstić information content (AvgIpc) is 3.96. The van der Waals surface area contributed by atoms with E-state index in [-0.39, 0.29) is 31.1 Å². The van der Waals surface area contributed by atoms with Crippen molar-refractivity contribution >= 4 is 33.0 Å². The van der Waals surface area contributed by atoms with Crippen LogP contribution in [0.25, 0.3) is 83.6 Å². The molecule has 0 saturated heterocycles. The molecule has 0 aliphatic heterocycles. The van der Waals surface area contributed by atoms with Gasteiger partial charge in [0.15, 0.2) is 0 Å². The van der Waals surface area contributed by atoms with Gasteiger partial charge in [0.2, 0.25) is 0 Å². The molecule has 3 aromatic heterocycles. The molecule has 0 spiro atoms. The number of nitrogens with zero attached hydrogens (tertiary/aromatic N) is 3. The number of para-hydroxylation sites is 1. The molecule has 68 heavy (non-hydrogen) atoms. The molecular formula is C63H59IrN3O-2. The standard InChI is InChI=1S/C52H51N2O.C11H8N.Ir/c1-32(2)44-29-40(37-21-19-36(20-22-37)38-25-27-52(6,7)28-26-38)30-45(33(3)4)49(44)54-48-34(5)13-11-18-46(48)53-51(54)43-17-12-16-42-41-24-23-39(31-47(41)55-50(42)43)35-14-9-8-10-15-35;1-2-6-10(7-3-1)11-8-4-5-9-12-11;/h8-16,18-24,29-33,38H,25-28H2,1-7H3;1-6,8-9H;/q2*-1;/i5D3,32D,33D,38D;;. The number of furan rings is 1. The smallest absolute Gasteiger partial charge is 0.121 e. The molecule has 11 rings (SSSR count). The maximum absolute atomic E-state index is 9.70. The van der Waals surface area contributed by atoms with E-state index < -0.39 is 24.5 Å². The number of imidazole rings is 1. The van der Waals surface area contributed by atoms with Gasteiger partial charge in [0.25, 0.3) is 0 Å². The van der Waals surface area contributed by atoms with E-state index in [0.717, 1.165) is 75.5 Å². The second kappa shape index (κ2) is 19.7. The molecule has 0 N–H and O–H groups in total. The van der Waals surface area contributed by atoms with Crippen LogP contribution in [-0.4, -0.2) is 14.5 Å². The monoisotopic (exact) mass is 1070 g/mol. The molecular weight excluding hydrogens is 1010 g/mol. The molecule has 1 aliphatic rings. The predicted molar refractivity (Wildman–Crippen MR) is 280 cm³/mol. The maximum atomic E-state index is 9.70. The van der Waals surface area contributed by atoms with Crippen molar-refractivity contribution in [2.75, 3.05) is 0 Å². The van der Waals surface area contributed by atoms with Crippen LogP contribution in [0.4, 0.5) is 0 Å². The van der Waals surface area contributed by atoms with Gasteiger partial charge in [0.05, 0.1) is 22.4 Å². The summed E-state index contributed by atoms with van der Waals surface area (Å²) in [4.78, 5) is 9.41. The molecule has 1 aliphatic carbocycles. The zero-order chi connectivity index (χ0) is 51.5. The van der Waals surface area contributed by atoms with Crippen LogP contribution < -0.4 is 0 Å². The number of hydrogen-bond acceptors (Lipinski definition) is 3. The molecule has 4 nitrogen and oxygen atoms in total. The molecule has 0 bridgehead atoms. The molecule has 5 heteroatoms. The van der Waals surface area contributed by atoms with Crippen LogP contribution in [0.15, 0.2) is 168 Å². The molecule has 7 aromatic carbocycles. The minimum Gasteiger partial charge on any atom is -0.501 e. The molecule has 10 aromatic rings. The molecule has 0 amide bonds. The first-order valence-electron chi connectivity index (χ1n) is 26.3. The zero-order valence-electron chi connectivity index (χ0n) is 45.5. The molecule has 1 radical (unpaired) electrons. The predicted octanol–water partition coefficient (Wildman–Crippen LogP) is 17.5. The Hall–Kier alpha value is -6.39. The molecule has 1 fully saturated rings. The molecule has 3 heterocycles. The number of aromatic nitrogens is 3. The third-order valence-electron chi connectivity index (χ3n) is 13.3. The van der Waals surface area contributed by atoms with E-state index in [2.05, 4.69) is 79.5 Å². The van der Waals surface area contributed by atoms with Crippen LogP contribution in [-0.2, 0) is 20.1 Å². The minimum absolute atomic E-state index is 0. The zero-order valence-corrected chi connectivity index (χ0v) is 41.9. The summed E-state index contributed by atoms with van der Waals surface area (Å²) in [6.07, 6.45) is 5.44. The van der Waals surface area contributed by atoms with Crippen LogP contribution in [0, 0.1) is 24.4 Å². The Morgan fingerprint density at radius 1 is 0.706 bits per heavy atom. The van der Waals surface area contributed by atoms with Crippen molar-refractivity contribution in [1.82, 2.24) is 14.5 Å². The van der Waals surface area contributed by atoms with E-state index in [1.165, 1.54) is 0 Å². The summed E-state index contributed by atoms with van der Waals surface area (Å²) in [6.45, 7) is 9.38. The third-order valence-corrected chi connectivity index (χ3v) is 13.3. The van der Waals surface area contributed by atoms with Gasteiger partial charge in [-0.25, -0.2) is 0 Å². The normalized spacial score (nSPS) is 16.0. The summed E-state index contributed by atoms with van der Waals surface area (Å²) < 4.78 is 63.6. The van der Waals surface area contributed by atoms with E-state index in [1.54, 1.807) is 18.3 Å². The van der Waals surface area contributed by atoms with E-state index in [9.17, 15) is 4.11 Å². The van der Waals surface area contributed by atoms with Gasteiger partial charge >= 0.3 is 0 Å². The minimum atomic E-state index is -2.50. The Bertz CT molecular complexity index is 3530. The van der Waals surface area contributed by atoms with Gasteiger partial charge in [0.1, 0.15) is 5.58 Å². The fourth-order valence-corrected chi connectivity index (χ4v) is 9.52. The summed E-state index contributed by atoms with van der Waals surface area (Å²) in [5, 5.41) is 1.79. The van der Waals surface area contributed by atoms with E-state index in [4.69, 9.17) is 13.5 Å². The van der Waals surface area contributed by atoms with Gasteiger partial charge in [0, 0.05) is 45.6 Å². The number of fused-ring (bicyclic) bond motifs is 4. The molecule has 0 unspecified atom stereocenters. The van der Waals surface area contributed by atoms with E-state index in [0.29, 0.717) is 50.4 Å². The quantitative estimate of drug-likeness (QED) is 0.142. The Morgan fingerprint density at radius 2 is 1.41 bits per heavy atom. The Labute approximate surface area is 424 Å². The third kappa shape index (κ3) is 9.27. The van der Waals surface area contributed by atoms with Gasteiger partial charge in [-0.2, -0.15) is 0 Å². The van der Waals surface area contributed by atoms with Crippen LogP contribution in [0.1, 0.15) is 115 Å². The largest absolute Gasteiger partial charge is 0.501 e. The topological polar surface area (TPSA) is 43.9 Å². The van der Waals surface area contributed by atoms with Crippen molar-refractivity contribution in [3.8, 4) is 50.6 Å². The first-order chi connectivity index (χ1) is 34.7. The Balaban J connectivity index is 0.000000452. The van der Waals surface area contributed by atoms with Crippen molar-refractivity contribution < 1.29 is 32.7 Å². The van der Waals surface area contributed by atoms with E-state index in [1.807, 2.05) is 129 Å². The number of benzene rings is 7. The fourth-order valence-electron chi connectivity index (χ4n) is 9.52. The number of rotatable bonds is 8. The van der Waals surface area contributed by atoms with Gasteiger partial charge < -0.3 is 14.0 Å². The number of pyridine rings is 1. The Morgan fingerprint density at radius 3 is 2.09 bits per heavy atom. The van der Waals surface area contributed by atoms with Gasteiger partial charge in [-0.05, 0) is 136 Å². The summed E-state index contributed by atoms with van der Waals surface area (Å²) in [5.74, 6) is -2.65. The number of hydrogen-bond donors (Lipinski definition) is 0. The van der Waals surface area contributed by atoms with Crippen molar-refractivity contribution in [2.24, 2.45) is 5.41 Å². The van der Waals surface area contributed by atoms with Crippen LogP contribution in [0.3, 0.4) is 0 Å². The van der Waals surface area contributed by atoms with E-state index >= 15 is 0 Å². The van der Waals surface area contributed by atoms with Gasteiger partial charge in [-0.15, -0.1) is 54.1 Å².